The number of aliphatic hydroxyl groups is 1. The van der Waals surface area contributed by atoms with E-state index in [0.717, 1.165) is 7.11 Å². The molecule has 6 heteroatoms. The average molecular weight is 235 g/mol. The van der Waals surface area contributed by atoms with Crippen LogP contribution in [0.3, 0.4) is 0 Å². The zero-order chi connectivity index (χ0) is 12.9. The van der Waals surface area contributed by atoms with E-state index in [1.165, 1.54) is 6.92 Å². The van der Waals surface area contributed by atoms with E-state index in [2.05, 4.69) is 14.8 Å². The summed E-state index contributed by atoms with van der Waals surface area (Å²) in [6.07, 6.45) is -1.55. The topological polar surface area (TPSA) is 95.3 Å². The van der Waals surface area contributed by atoms with Gasteiger partial charge in [-0.3, -0.25) is 0 Å². The number of aliphatic hydroxyl groups excluding tert-OH is 1. The summed E-state index contributed by atoms with van der Waals surface area (Å²) in [6.45, 7) is 1.48. The molecule has 17 heavy (non-hydrogen) atoms. The third-order valence-electron chi connectivity index (χ3n) is 2.57. The molecule has 0 aliphatic heterocycles. The third-order valence-corrected chi connectivity index (χ3v) is 2.57. The van der Waals surface area contributed by atoms with E-state index in [1.807, 2.05) is 0 Å². The molecule has 0 spiro atoms. The van der Waals surface area contributed by atoms with E-state index in [-0.39, 0.29) is 0 Å². The van der Waals surface area contributed by atoms with Gasteiger partial charge in [0.2, 0.25) is 0 Å². The van der Waals surface area contributed by atoms with E-state index in [0.29, 0.717) is 5.56 Å². The maximum Gasteiger partial charge on any atom is 0.335 e. The van der Waals surface area contributed by atoms with Gasteiger partial charge in [0.25, 0.3) is 0 Å². The van der Waals surface area contributed by atoms with Crippen molar-refractivity contribution in [3.05, 3.63) is 46.3 Å². The zero-order valence-corrected chi connectivity index (χ0v) is 9.57. The molecule has 1 N–H and O–H groups in total. The molecule has 0 aliphatic rings. The van der Waals surface area contributed by atoms with Gasteiger partial charge >= 0.3 is 5.97 Å². The summed E-state index contributed by atoms with van der Waals surface area (Å²) in [5.41, 5.74) is 7.71. The lowest BCUT2D eigenvalue weighted by Gasteiger charge is -2.28. The van der Waals surface area contributed by atoms with Crippen molar-refractivity contribution in [1.82, 2.24) is 0 Å². The molecule has 0 saturated heterocycles. The second-order valence-electron chi connectivity index (χ2n) is 3.63. The Morgan fingerprint density at radius 3 is 2.59 bits per heavy atom. The number of nitrogens with zero attached hydrogens (tertiary/aromatic N) is 3. The highest BCUT2D eigenvalue weighted by molar-refractivity contribution is 5.76. The van der Waals surface area contributed by atoms with Gasteiger partial charge in [-0.1, -0.05) is 35.4 Å². The van der Waals surface area contributed by atoms with Gasteiger partial charge in [0, 0.05) is 4.91 Å². The number of esters is 1. The molecule has 90 valence electrons. The smallest absolute Gasteiger partial charge is 0.335 e. The first kappa shape index (κ1) is 13.0. The van der Waals surface area contributed by atoms with Crippen molar-refractivity contribution < 1.29 is 14.6 Å². The largest absolute Gasteiger partial charge is 0.467 e. The SMILES string of the molecule is COC(=O)C(O)C(C)(N=[N+]=[N-])c1ccccc1. The standard InChI is InChI=1S/C11H13N3O3/c1-11(13-14-12,9(15)10(16)17-2)8-6-4-3-5-7-8/h3-7,9,15H,1-2H3. The van der Waals surface area contributed by atoms with Crippen molar-refractivity contribution >= 4 is 5.97 Å². The Labute approximate surface area is 98.5 Å². The molecule has 0 amide bonds. The van der Waals surface area contributed by atoms with Gasteiger partial charge in [-0.05, 0) is 18.0 Å². The molecule has 6 nitrogen and oxygen atoms in total. The maximum absolute atomic E-state index is 11.4. The predicted molar refractivity (Wildman–Crippen MR) is 61.0 cm³/mol. The fraction of sp³-hybridized carbons (Fsp3) is 0.364. The highest BCUT2D eigenvalue weighted by atomic mass is 16.5. The Balaban J connectivity index is 3.23. The second kappa shape index (κ2) is 5.34. The monoisotopic (exact) mass is 235 g/mol. The fourth-order valence-electron chi connectivity index (χ4n) is 1.48. The Morgan fingerprint density at radius 1 is 1.53 bits per heavy atom. The lowest BCUT2D eigenvalue weighted by Crippen LogP contribution is -2.41. The molecule has 1 aromatic rings. The molecular weight excluding hydrogens is 222 g/mol. The van der Waals surface area contributed by atoms with Crippen molar-refractivity contribution in [2.24, 2.45) is 5.11 Å². The van der Waals surface area contributed by atoms with Gasteiger partial charge < -0.3 is 9.84 Å². The normalized spacial score (nSPS) is 15.2. The van der Waals surface area contributed by atoms with Crippen LogP contribution in [0.2, 0.25) is 0 Å². The van der Waals surface area contributed by atoms with Crippen LogP contribution in [0, 0.1) is 0 Å². The van der Waals surface area contributed by atoms with Crippen molar-refractivity contribution in [1.29, 1.82) is 0 Å². The summed E-state index contributed by atoms with van der Waals surface area (Å²) < 4.78 is 4.45. The summed E-state index contributed by atoms with van der Waals surface area (Å²) in [6, 6.07) is 8.57. The molecule has 0 aliphatic carbocycles. The molecule has 0 radical (unpaired) electrons. The third kappa shape index (κ3) is 2.55. The molecule has 2 unspecified atom stereocenters. The minimum atomic E-state index is -1.55. The number of methoxy groups -OCH3 is 1. The van der Waals surface area contributed by atoms with Gasteiger partial charge in [0.1, 0.15) is 5.54 Å². The van der Waals surface area contributed by atoms with Gasteiger partial charge in [0.15, 0.2) is 6.10 Å². The molecule has 0 heterocycles. The van der Waals surface area contributed by atoms with Gasteiger partial charge in [0.05, 0.1) is 7.11 Å². The molecule has 1 aromatic carbocycles. The van der Waals surface area contributed by atoms with E-state index in [4.69, 9.17) is 5.53 Å². The molecule has 0 aromatic heterocycles. The van der Waals surface area contributed by atoms with Crippen molar-refractivity contribution in [3.63, 3.8) is 0 Å². The molecule has 0 saturated carbocycles. The second-order valence-corrected chi connectivity index (χ2v) is 3.63. The predicted octanol–water partition coefficient (Wildman–Crippen LogP) is 1.75. The number of carbonyl (C=O) groups excluding carboxylic acids is 1. The lowest BCUT2D eigenvalue weighted by molar-refractivity contribution is -0.154. The lowest BCUT2D eigenvalue weighted by atomic mass is 9.87. The first-order valence-electron chi connectivity index (χ1n) is 4.94. The van der Waals surface area contributed by atoms with E-state index in [9.17, 15) is 9.90 Å². The van der Waals surface area contributed by atoms with Crippen LogP contribution in [-0.2, 0) is 15.1 Å². The number of rotatable bonds is 4. The van der Waals surface area contributed by atoms with E-state index >= 15 is 0 Å². The summed E-state index contributed by atoms with van der Waals surface area (Å²) in [5, 5.41) is 13.4. The van der Waals surface area contributed by atoms with E-state index < -0.39 is 17.6 Å². The van der Waals surface area contributed by atoms with Crippen LogP contribution < -0.4 is 0 Å². The first-order valence-corrected chi connectivity index (χ1v) is 4.94. The maximum atomic E-state index is 11.4. The summed E-state index contributed by atoms with van der Waals surface area (Å²) in [7, 11) is 1.16. The van der Waals surface area contributed by atoms with Crippen LogP contribution in [0.1, 0.15) is 12.5 Å². The zero-order valence-electron chi connectivity index (χ0n) is 9.57. The minimum Gasteiger partial charge on any atom is -0.467 e. The van der Waals surface area contributed by atoms with Crippen LogP contribution in [-0.4, -0.2) is 24.3 Å². The quantitative estimate of drug-likeness (QED) is 0.372. The minimum absolute atomic E-state index is 0.538. The van der Waals surface area contributed by atoms with Crippen molar-refractivity contribution in [2.75, 3.05) is 7.11 Å². The Bertz CT molecular complexity index is 443. The molecule has 1 rings (SSSR count). The van der Waals surface area contributed by atoms with Crippen LogP contribution in [0.5, 0.6) is 0 Å². The summed E-state index contributed by atoms with van der Waals surface area (Å²) in [5.74, 6) is -0.844. The first-order chi connectivity index (χ1) is 8.06. The highest BCUT2D eigenvalue weighted by Gasteiger charge is 2.39. The summed E-state index contributed by atoms with van der Waals surface area (Å²) >= 11 is 0. The molecular formula is C11H13N3O3. The average Bonchev–Trinajstić information content (AvgIpc) is 2.38. The number of hydrogen-bond donors (Lipinski definition) is 1. The van der Waals surface area contributed by atoms with E-state index in [1.54, 1.807) is 30.3 Å². The Hall–Kier alpha value is -2.04. The van der Waals surface area contributed by atoms with Crippen molar-refractivity contribution in [3.8, 4) is 0 Å². The number of ether oxygens (including phenoxy) is 1. The number of azide groups is 1. The summed E-state index contributed by atoms with van der Waals surface area (Å²) in [4.78, 5) is 14.0. The van der Waals surface area contributed by atoms with Crippen LogP contribution >= 0.6 is 0 Å². The Morgan fingerprint density at radius 2 is 2.12 bits per heavy atom. The number of hydrogen-bond acceptors (Lipinski definition) is 4. The van der Waals surface area contributed by atoms with Crippen LogP contribution in [0.15, 0.2) is 35.4 Å². The van der Waals surface area contributed by atoms with Crippen LogP contribution in [0.4, 0.5) is 0 Å². The van der Waals surface area contributed by atoms with Gasteiger partial charge in [-0.15, -0.1) is 0 Å². The highest BCUT2D eigenvalue weighted by Crippen LogP contribution is 2.30. The fourth-order valence-corrected chi connectivity index (χ4v) is 1.48. The van der Waals surface area contributed by atoms with Crippen molar-refractivity contribution in [2.45, 2.75) is 18.6 Å². The molecule has 0 bridgehead atoms. The number of carbonyl (C=O) groups is 1. The molecule has 2 atom stereocenters. The van der Waals surface area contributed by atoms with Gasteiger partial charge in [-0.2, -0.15) is 0 Å². The van der Waals surface area contributed by atoms with Crippen LogP contribution in [0.25, 0.3) is 10.4 Å². The Kier molecular flexibility index (Phi) is 4.09. The van der Waals surface area contributed by atoms with Gasteiger partial charge in [-0.25, -0.2) is 4.79 Å². The number of benzene rings is 1. The molecule has 0 fully saturated rings.